The number of non-ortho nitro benzene ring substituents is 1. The van der Waals surface area contributed by atoms with Gasteiger partial charge in [0, 0.05) is 18.3 Å². The number of rotatable bonds is 3. The summed E-state index contributed by atoms with van der Waals surface area (Å²) in [5, 5.41) is 14.5. The van der Waals surface area contributed by atoms with E-state index in [4.69, 9.17) is 5.73 Å². The van der Waals surface area contributed by atoms with Crippen LogP contribution >= 0.6 is 0 Å². The second-order valence-electron chi connectivity index (χ2n) is 3.29. The van der Waals surface area contributed by atoms with Gasteiger partial charge in [-0.3, -0.25) is 14.9 Å². The molecule has 2 rings (SSSR count). The number of aromatic nitrogens is 2. The Labute approximate surface area is 95.6 Å². The molecule has 7 nitrogen and oxygen atoms in total. The molecule has 0 saturated carbocycles. The first-order valence-electron chi connectivity index (χ1n) is 4.68. The molecule has 0 spiro atoms. The Balaban J connectivity index is 2.42. The van der Waals surface area contributed by atoms with Crippen molar-refractivity contribution in [1.82, 2.24) is 9.78 Å². The van der Waals surface area contributed by atoms with Gasteiger partial charge in [-0.15, -0.1) is 0 Å². The predicted octanol–water partition coefficient (Wildman–Crippen LogP) is 0.879. The summed E-state index contributed by atoms with van der Waals surface area (Å²) < 4.78 is 1.35. The maximum absolute atomic E-state index is 10.9. The molecule has 0 radical (unpaired) electrons. The average Bonchev–Trinajstić information content (AvgIpc) is 2.78. The first-order chi connectivity index (χ1) is 8.08. The number of nitrogens with zero attached hydrogens (tertiary/aromatic N) is 3. The molecule has 0 unspecified atom stereocenters. The molecular formula is C10H8N4O3. The molecular weight excluding hydrogens is 224 g/mol. The SMILES string of the molecule is NC(=O)c1ccn(-c2cccc([N+](=O)[O-])c2)n1. The highest BCUT2D eigenvalue weighted by molar-refractivity contribution is 5.90. The van der Waals surface area contributed by atoms with Crippen molar-refractivity contribution >= 4 is 11.6 Å². The van der Waals surface area contributed by atoms with E-state index >= 15 is 0 Å². The molecule has 1 aromatic carbocycles. The molecule has 1 heterocycles. The zero-order chi connectivity index (χ0) is 12.4. The second-order valence-corrected chi connectivity index (χ2v) is 3.29. The summed E-state index contributed by atoms with van der Waals surface area (Å²) in [5.74, 6) is -0.644. The highest BCUT2D eigenvalue weighted by atomic mass is 16.6. The quantitative estimate of drug-likeness (QED) is 0.626. The lowest BCUT2D eigenvalue weighted by Crippen LogP contribution is -2.12. The molecule has 0 aliphatic heterocycles. The van der Waals surface area contributed by atoms with Gasteiger partial charge < -0.3 is 5.73 Å². The van der Waals surface area contributed by atoms with Crippen molar-refractivity contribution in [1.29, 1.82) is 0 Å². The summed E-state index contributed by atoms with van der Waals surface area (Å²) in [7, 11) is 0. The number of hydrogen-bond donors (Lipinski definition) is 1. The lowest BCUT2D eigenvalue weighted by molar-refractivity contribution is -0.384. The molecule has 0 bridgehead atoms. The van der Waals surface area contributed by atoms with E-state index in [1.54, 1.807) is 12.1 Å². The highest BCUT2D eigenvalue weighted by Gasteiger charge is 2.09. The number of carbonyl (C=O) groups is 1. The van der Waals surface area contributed by atoms with Crippen LogP contribution in [-0.2, 0) is 0 Å². The van der Waals surface area contributed by atoms with E-state index in [1.807, 2.05) is 0 Å². The fraction of sp³-hybridized carbons (Fsp3) is 0. The number of primary amides is 1. The van der Waals surface area contributed by atoms with Crippen molar-refractivity contribution in [3.05, 3.63) is 52.3 Å². The Hall–Kier alpha value is -2.70. The minimum Gasteiger partial charge on any atom is -0.364 e. The standard InChI is InChI=1S/C10H8N4O3/c11-10(15)9-4-5-13(12-9)7-2-1-3-8(6-7)14(16)17/h1-6H,(H2,11,15). The van der Waals surface area contributed by atoms with Gasteiger partial charge >= 0.3 is 0 Å². The number of nitro groups is 1. The van der Waals surface area contributed by atoms with Gasteiger partial charge in [0.25, 0.3) is 11.6 Å². The summed E-state index contributed by atoms with van der Waals surface area (Å²) in [6.45, 7) is 0. The van der Waals surface area contributed by atoms with Gasteiger partial charge in [0.1, 0.15) is 5.69 Å². The molecule has 1 amide bonds. The molecule has 0 aliphatic rings. The topological polar surface area (TPSA) is 104 Å². The van der Waals surface area contributed by atoms with Gasteiger partial charge in [-0.05, 0) is 12.1 Å². The maximum Gasteiger partial charge on any atom is 0.271 e. The summed E-state index contributed by atoms with van der Waals surface area (Å²) in [6.07, 6.45) is 1.51. The monoisotopic (exact) mass is 232 g/mol. The first kappa shape index (κ1) is 10.8. The van der Waals surface area contributed by atoms with Crippen LogP contribution in [0.3, 0.4) is 0 Å². The number of hydrogen-bond acceptors (Lipinski definition) is 4. The zero-order valence-corrected chi connectivity index (χ0v) is 8.61. The summed E-state index contributed by atoms with van der Waals surface area (Å²) in [4.78, 5) is 21.0. The van der Waals surface area contributed by atoms with E-state index in [-0.39, 0.29) is 11.4 Å². The largest absolute Gasteiger partial charge is 0.364 e. The average molecular weight is 232 g/mol. The van der Waals surface area contributed by atoms with Crippen molar-refractivity contribution in [2.24, 2.45) is 5.73 Å². The molecule has 0 aliphatic carbocycles. The molecule has 0 saturated heterocycles. The van der Waals surface area contributed by atoms with E-state index in [0.29, 0.717) is 5.69 Å². The van der Waals surface area contributed by atoms with Crippen LogP contribution in [0.25, 0.3) is 5.69 Å². The third-order valence-corrected chi connectivity index (χ3v) is 2.15. The van der Waals surface area contributed by atoms with Crippen LogP contribution < -0.4 is 5.73 Å². The lowest BCUT2D eigenvalue weighted by Gasteiger charge is -2.00. The summed E-state index contributed by atoms with van der Waals surface area (Å²) in [5.41, 5.74) is 5.62. The Morgan fingerprint density at radius 3 is 2.76 bits per heavy atom. The first-order valence-corrected chi connectivity index (χ1v) is 4.68. The maximum atomic E-state index is 10.9. The van der Waals surface area contributed by atoms with Gasteiger partial charge in [0.15, 0.2) is 0 Å². The lowest BCUT2D eigenvalue weighted by atomic mass is 10.3. The Morgan fingerprint density at radius 2 is 2.18 bits per heavy atom. The smallest absolute Gasteiger partial charge is 0.271 e. The molecule has 0 fully saturated rings. The van der Waals surface area contributed by atoms with Crippen LogP contribution in [0.1, 0.15) is 10.5 Å². The predicted molar refractivity (Wildman–Crippen MR) is 58.7 cm³/mol. The molecule has 0 atom stereocenters. The normalized spacial score (nSPS) is 10.1. The van der Waals surface area contributed by atoms with E-state index in [2.05, 4.69) is 5.10 Å². The van der Waals surface area contributed by atoms with Crippen LogP contribution in [0.4, 0.5) is 5.69 Å². The van der Waals surface area contributed by atoms with Crippen molar-refractivity contribution in [2.75, 3.05) is 0 Å². The van der Waals surface area contributed by atoms with Gasteiger partial charge in [0.05, 0.1) is 10.6 Å². The van der Waals surface area contributed by atoms with E-state index in [0.717, 1.165) is 0 Å². The molecule has 2 N–H and O–H groups in total. The van der Waals surface area contributed by atoms with Crippen LogP contribution in [0.5, 0.6) is 0 Å². The van der Waals surface area contributed by atoms with Gasteiger partial charge in [-0.1, -0.05) is 6.07 Å². The molecule has 86 valence electrons. The third-order valence-electron chi connectivity index (χ3n) is 2.15. The van der Waals surface area contributed by atoms with Crippen molar-refractivity contribution in [3.8, 4) is 5.69 Å². The van der Waals surface area contributed by atoms with Gasteiger partial charge in [-0.2, -0.15) is 5.10 Å². The zero-order valence-electron chi connectivity index (χ0n) is 8.61. The van der Waals surface area contributed by atoms with Crippen LogP contribution in [-0.4, -0.2) is 20.6 Å². The number of nitrogens with two attached hydrogens (primary N) is 1. The number of carbonyl (C=O) groups excluding carboxylic acids is 1. The minimum absolute atomic E-state index is 0.0429. The fourth-order valence-corrected chi connectivity index (χ4v) is 1.35. The minimum atomic E-state index is -0.644. The third kappa shape index (κ3) is 2.12. The molecule has 1 aromatic heterocycles. The van der Waals surface area contributed by atoms with Gasteiger partial charge in [-0.25, -0.2) is 4.68 Å². The Kier molecular flexibility index (Phi) is 2.57. The van der Waals surface area contributed by atoms with Crippen molar-refractivity contribution in [3.63, 3.8) is 0 Å². The van der Waals surface area contributed by atoms with E-state index in [1.165, 1.54) is 29.1 Å². The second kappa shape index (κ2) is 4.05. The van der Waals surface area contributed by atoms with Crippen LogP contribution in [0.2, 0.25) is 0 Å². The molecule has 17 heavy (non-hydrogen) atoms. The molecule has 2 aromatic rings. The van der Waals surface area contributed by atoms with Gasteiger partial charge in [0.2, 0.25) is 0 Å². The number of benzene rings is 1. The van der Waals surface area contributed by atoms with Crippen LogP contribution in [0.15, 0.2) is 36.5 Å². The summed E-state index contributed by atoms with van der Waals surface area (Å²) >= 11 is 0. The Morgan fingerprint density at radius 1 is 1.41 bits per heavy atom. The van der Waals surface area contributed by atoms with Crippen molar-refractivity contribution in [2.45, 2.75) is 0 Å². The van der Waals surface area contributed by atoms with Crippen LogP contribution in [0, 0.1) is 10.1 Å². The molecule has 7 heteroatoms. The van der Waals surface area contributed by atoms with E-state index in [9.17, 15) is 14.9 Å². The summed E-state index contributed by atoms with van der Waals surface area (Å²) in [6, 6.07) is 7.37. The number of nitro benzene ring substituents is 1. The highest BCUT2D eigenvalue weighted by Crippen LogP contribution is 2.16. The van der Waals surface area contributed by atoms with Crippen molar-refractivity contribution < 1.29 is 9.72 Å². The fourth-order valence-electron chi connectivity index (χ4n) is 1.35. The van der Waals surface area contributed by atoms with E-state index < -0.39 is 10.8 Å². The number of amides is 1. The Bertz CT molecular complexity index is 591.